The van der Waals surface area contributed by atoms with Crippen LogP contribution in [0.5, 0.6) is 0 Å². The van der Waals surface area contributed by atoms with Crippen molar-refractivity contribution in [2.24, 2.45) is 5.92 Å². The summed E-state index contributed by atoms with van der Waals surface area (Å²) in [4.78, 5) is 0. The Morgan fingerprint density at radius 2 is 2.06 bits per heavy atom. The van der Waals surface area contributed by atoms with Gasteiger partial charge in [-0.15, -0.1) is 0 Å². The highest BCUT2D eigenvalue weighted by Crippen LogP contribution is 2.34. The molecule has 1 N–H and O–H groups in total. The average molecular weight is 240 g/mol. The predicted octanol–water partition coefficient (Wildman–Crippen LogP) is 3.40. The van der Waals surface area contributed by atoms with Gasteiger partial charge in [0.1, 0.15) is 0 Å². The van der Waals surface area contributed by atoms with E-state index in [0.29, 0.717) is 18.2 Å². The molecule has 0 atom stereocenters. The largest absolute Gasteiger partial charge is 0.417 e. The molecule has 1 aromatic carbocycles. The summed E-state index contributed by atoms with van der Waals surface area (Å²) >= 11 is 0. The van der Waals surface area contributed by atoms with Crippen molar-refractivity contribution in [2.45, 2.75) is 19.0 Å². The second-order valence-electron chi connectivity index (χ2n) is 4.19. The number of anilines is 1. The Morgan fingerprint density at radius 1 is 1.35 bits per heavy atom. The molecule has 0 heterocycles. The summed E-state index contributed by atoms with van der Waals surface area (Å²) in [5.74, 6) is 0.583. The molecule has 5 heteroatoms. The fourth-order valence-corrected chi connectivity index (χ4v) is 1.57. The zero-order chi connectivity index (χ0) is 12.5. The number of rotatable bonds is 3. The highest BCUT2D eigenvalue weighted by atomic mass is 19.4. The summed E-state index contributed by atoms with van der Waals surface area (Å²) < 4.78 is 37.9. The third-order valence-electron chi connectivity index (χ3n) is 2.74. The van der Waals surface area contributed by atoms with Gasteiger partial charge in [0.15, 0.2) is 0 Å². The maximum atomic E-state index is 12.6. The lowest BCUT2D eigenvalue weighted by atomic mass is 10.1. The van der Waals surface area contributed by atoms with Crippen molar-refractivity contribution in [3.8, 4) is 6.07 Å². The van der Waals surface area contributed by atoms with Gasteiger partial charge < -0.3 is 5.32 Å². The minimum Gasteiger partial charge on any atom is -0.385 e. The number of halogens is 3. The second-order valence-corrected chi connectivity index (χ2v) is 4.19. The first kappa shape index (κ1) is 11.8. The van der Waals surface area contributed by atoms with Crippen LogP contribution in [-0.4, -0.2) is 6.54 Å². The van der Waals surface area contributed by atoms with Crippen molar-refractivity contribution in [1.29, 1.82) is 5.26 Å². The van der Waals surface area contributed by atoms with E-state index < -0.39 is 11.7 Å². The molecule has 90 valence electrons. The minimum absolute atomic E-state index is 0.338. The summed E-state index contributed by atoms with van der Waals surface area (Å²) in [7, 11) is 0. The maximum Gasteiger partial charge on any atom is 0.417 e. The van der Waals surface area contributed by atoms with Gasteiger partial charge in [-0.05, 0) is 37.0 Å². The van der Waals surface area contributed by atoms with Crippen molar-refractivity contribution in [2.75, 3.05) is 11.9 Å². The molecule has 0 bridgehead atoms. The fourth-order valence-electron chi connectivity index (χ4n) is 1.57. The first-order valence-corrected chi connectivity index (χ1v) is 5.36. The molecule has 1 saturated carbocycles. The van der Waals surface area contributed by atoms with Crippen LogP contribution in [0, 0.1) is 17.2 Å². The molecule has 0 spiro atoms. The Bertz CT molecular complexity index is 456. The molecule has 17 heavy (non-hydrogen) atoms. The Kier molecular flexibility index (Phi) is 2.97. The van der Waals surface area contributed by atoms with Gasteiger partial charge >= 0.3 is 6.18 Å². The Labute approximate surface area is 97.1 Å². The summed E-state index contributed by atoms with van der Waals surface area (Å²) in [5, 5.41) is 11.6. The number of nitrogens with zero attached hydrogens (tertiary/aromatic N) is 1. The second kappa shape index (κ2) is 4.28. The molecular weight excluding hydrogens is 229 g/mol. The topological polar surface area (TPSA) is 35.8 Å². The third kappa shape index (κ3) is 2.90. The van der Waals surface area contributed by atoms with E-state index in [9.17, 15) is 13.2 Å². The van der Waals surface area contributed by atoms with Crippen LogP contribution in [0.1, 0.15) is 24.0 Å². The fraction of sp³-hybridized carbons (Fsp3) is 0.417. The first-order valence-electron chi connectivity index (χ1n) is 5.36. The molecule has 1 aliphatic rings. The number of benzene rings is 1. The standard InChI is InChI=1S/C12H11F3N2/c13-12(14,15)11-5-10(4-3-9(11)6-16)17-7-8-1-2-8/h3-5,8,17H,1-2,7H2. The molecule has 2 nitrogen and oxygen atoms in total. The van der Waals surface area contributed by atoms with Gasteiger partial charge in [-0.2, -0.15) is 18.4 Å². The third-order valence-corrected chi connectivity index (χ3v) is 2.74. The lowest BCUT2D eigenvalue weighted by molar-refractivity contribution is -0.137. The number of hydrogen-bond acceptors (Lipinski definition) is 2. The van der Waals surface area contributed by atoms with Crippen LogP contribution in [-0.2, 0) is 6.18 Å². The molecule has 0 aliphatic heterocycles. The highest BCUT2D eigenvalue weighted by molar-refractivity contribution is 5.53. The van der Waals surface area contributed by atoms with Gasteiger partial charge in [-0.1, -0.05) is 0 Å². The molecule has 1 aliphatic carbocycles. The van der Waals surface area contributed by atoms with Gasteiger partial charge in [0, 0.05) is 12.2 Å². The Morgan fingerprint density at radius 3 is 2.59 bits per heavy atom. The summed E-state index contributed by atoms with van der Waals surface area (Å²) in [6, 6.07) is 5.28. The molecule has 2 rings (SSSR count). The van der Waals surface area contributed by atoms with Gasteiger partial charge in [0.2, 0.25) is 0 Å². The molecule has 0 amide bonds. The van der Waals surface area contributed by atoms with E-state index >= 15 is 0 Å². The van der Waals surface area contributed by atoms with Crippen LogP contribution in [0.2, 0.25) is 0 Å². The van der Waals surface area contributed by atoms with Crippen molar-refractivity contribution in [3.05, 3.63) is 29.3 Å². The van der Waals surface area contributed by atoms with Crippen LogP contribution >= 0.6 is 0 Å². The van der Waals surface area contributed by atoms with Crippen LogP contribution in [0.4, 0.5) is 18.9 Å². The predicted molar refractivity (Wildman–Crippen MR) is 57.4 cm³/mol. The highest BCUT2D eigenvalue weighted by Gasteiger charge is 2.33. The Balaban J connectivity index is 2.21. The molecule has 0 saturated heterocycles. The maximum absolute atomic E-state index is 12.6. The van der Waals surface area contributed by atoms with Crippen molar-refractivity contribution < 1.29 is 13.2 Å². The molecule has 1 aromatic rings. The van der Waals surface area contributed by atoms with E-state index in [4.69, 9.17) is 5.26 Å². The number of alkyl halides is 3. The van der Waals surface area contributed by atoms with Crippen molar-refractivity contribution >= 4 is 5.69 Å². The van der Waals surface area contributed by atoms with E-state index in [1.807, 2.05) is 0 Å². The van der Waals surface area contributed by atoms with E-state index in [1.165, 1.54) is 12.1 Å². The quantitative estimate of drug-likeness (QED) is 0.878. The monoisotopic (exact) mass is 240 g/mol. The zero-order valence-electron chi connectivity index (χ0n) is 9.01. The molecule has 0 radical (unpaired) electrons. The average Bonchev–Trinajstić information content (AvgIpc) is 3.08. The normalized spacial score (nSPS) is 15.4. The van der Waals surface area contributed by atoms with Crippen LogP contribution < -0.4 is 5.32 Å². The summed E-state index contributed by atoms with van der Waals surface area (Å²) in [6.07, 6.45) is -2.22. The summed E-state index contributed by atoms with van der Waals surface area (Å²) in [6.45, 7) is 0.698. The van der Waals surface area contributed by atoms with Crippen LogP contribution in [0.3, 0.4) is 0 Å². The van der Waals surface area contributed by atoms with E-state index in [-0.39, 0.29) is 5.56 Å². The van der Waals surface area contributed by atoms with Gasteiger partial charge in [0.05, 0.1) is 17.2 Å². The summed E-state index contributed by atoms with van der Waals surface area (Å²) in [5.41, 5.74) is -0.793. The number of hydrogen-bond donors (Lipinski definition) is 1. The first-order chi connectivity index (χ1) is 8.00. The Hall–Kier alpha value is -1.70. The molecule has 0 unspecified atom stereocenters. The zero-order valence-corrected chi connectivity index (χ0v) is 9.01. The number of nitrogens with one attached hydrogen (secondary N) is 1. The SMILES string of the molecule is N#Cc1ccc(NCC2CC2)cc1C(F)(F)F. The van der Waals surface area contributed by atoms with Gasteiger partial charge in [0.25, 0.3) is 0 Å². The van der Waals surface area contributed by atoms with Crippen LogP contribution in [0.25, 0.3) is 0 Å². The lowest BCUT2D eigenvalue weighted by Crippen LogP contribution is -2.10. The lowest BCUT2D eigenvalue weighted by Gasteiger charge is -2.11. The molecule has 0 aromatic heterocycles. The molecular formula is C12H11F3N2. The minimum atomic E-state index is -4.48. The van der Waals surface area contributed by atoms with Gasteiger partial charge in [-0.3, -0.25) is 0 Å². The number of nitriles is 1. The smallest absolute Gasteiger partial charge is 0.385 e. The molecule has 1 fully saturated rings. The van der Waals surface area contributed by atoms with E-state index in [2.05, 4.69) is 5.32 Å². The van der Waals surface area contributed by atoms with Crippen molar-refractivity contribution in [1.82, 2.24) is 0 Å². The van der Waals surface area contributed by atoms with E-state index in [1.54, 1.807) is 6.07 Å². The van der Waals surface area contributed by atoms with Crippen molar-refractivity contribution in [3.63, 3.8) is 0 Å². The van der Waals surface area contributed by atoms with E-state index in [0.717, 1.165) is 18.9 Å². The van der Waals surface area contributed by atoms with Crippen LogP contribution in [0.15, 0.2) is 18.2 Å². The van der Waals surface area contributed by atoms with Gasteiger partial charge in [-0.25, -0.2) is 0 Å².